The van der Waals surface area contributed by atoms with E-state index in [1.54, 1.807) is 40.9 Å². The highest BCUT2D eigenvalue weighted by Gasteiger charge is 2.50. The monoisotopic (exact) mass is 491 g/mol. The van der Waals surface area contributed by atoms with Crippen molar-refractivity contribution in [2.75, 3.05) is 6.54 Å². The molecule has 1 amide bonds. The maximum absolute atomic E-state index is 13.3. The van der Waals surface area contributed by atoms with Crippen LogP contribution in [0, 0.1) is 23.2 Å². The van der Waals surface area contributed by atoms with Gasteiger partial charge in [0.05, 0.1) is 5.69 Å². The molecule has 1 atom stereocenters. The van der Waals surface area contributed by atoms with E-state index < -0.39 is 11.9 Å². The van der Waals surface area contributed by atoms with E-state index in [1.807, 2.05) is 12.1 Å². The van der Waals surface area contributed by atoms with E-state index in [4.69, 9.17) is 11.6 Å². The summed E-state index contributed by atoms with van der Waals surface area (Å²) in [6, 6.07) is 12.6. The number of amides is 1. The van der Waals surface area contributed by atoms with Gasteiger partial charge in [-0.25, -0.2) is 4.98 Å². The van der Waals surface area contributed by atoms with Crippen LogP contribution >= 0.6 is 11.6 Å². The average Bonchev–Trinajstić information content (AvgIpc) is 3.24. The number of carbonyl (C=O) groups is 2. The second-order valence-electron chi connectivity index (χ2n) is 11.1. The summed E-state index contributed by atoms with van der Waals surface area (Å²) in [6.45, 7) is 0.722. The Morgan fingerprint density at radius 2 is 1.77 bits per heavy atom. The van der Waals surface area contributed by atoms with Crippen LogP contribution in [0.5, 0.6) is 0 Å². The fraction of sp³-hybridized carbons (Fsp3) is 0.464. The summed E-state index contributed by atoms with van der Waals surface area (Å²) in [5.41, 5.74) is 2.57. The smallest absolute Gasteiger partial charge is 0.312 e. The molecule has 182 valence electrons. The molecule has 7 heteroatoms. The van der Waals surface area contributed by atoms with Gasteiger partial charge in [-0.2, -0.15) is 0 Å². The highest BCUT2D eigenvalue weighted by atomic mass is 35.5. The Balaban J connectivity index is 1.23. The third-order valence-corrected chi connectivity index (χ3v) is 8.75. The number of nitrogens with one attached hydrogen (secondary N) is 1. The lowest BCUT2D eigenvalue weighted by Crippen LogP contribution is -2.51. The fourth-order valence-electron chi connectivity index (χ4n) is 7.47. The maximum atomic E-state index is 13.3. The van der Waals surface area contributed by atoms with Crippen molar-refractivity contribution >= 4 is 29.1 Å². The minimum absolute atomic E-state index is 0.128. The lowest BCUT2D eigenvalue weighted by Gasteiger charge is -2.56. The Hall–Kier alpha value is -2.86. The Morgan fingerprint density at radius 3 is 2.43 bits per heavy atom. The molecule has 4 fully saturated rings. The van der Waals surface area contributed by atoms with Crippen LogP contribution in [-0.2, 0) is 11.2 Å². The molecular weight excluding hydrogens is 462 g/mol. The number of carbonyl (C=O) groups excluding carboxylic acids is 1. The van der Waals surface area contributed by atoms with Gasteiger partial charge in [-0.1, -0.05) is 29.8 Å². The van der Waals surface area contributed by atoms with Crippen molar-refractivity contribution in [1.82, 2.24) is 14.7 Å². The van der Waals surface area contributed by atoms with Crippen molar-refractivity contribution in [3.63, 3.8) is 0 Å². The molecule has 2 aromatic heterocycles. The van der Waals surface area contributed by atoms with Crippen molar-refractivity contribution < 1.29 is 14.7 Å². The molecular formula is C28H30ClN3O3. The molecule has 0 saturated heterocycles. The molecule has 4 aliphatic rings. The SMILES string of the molecule is O=C(NCC12CC3CC(CC(C3)C1)C2)c1cccc2nc(C(Cc3cccc(Cl)c3)C(=O)O)cn12. The third-order valence-electron chi connectivity index (χ3n) is 8.52. The van der Waals surface area contributed by atoms with Gasteiger partial charge in [-0.15, -0.1) is 0 Å². The fourth-order valence-corrected chi connectivity index (χ4v) is 7.68. The van der Waals surface area contributed by atoms with Crippen LogP contribution in [0.2, 0.25) is 5.02 Å². The number of hydrogen-bond acceptors (Lipinski definition) is 3. The van der Waals surface area contributed by atoms with Crippen molar-refractivity contribution in [2.45, 2.75) is 50.9 Å². The molecule has 6 nitrogen and oxygen atoms in total. The average molecular weight is 492 g/mol. The van der Waals surface area contributed by atoms with Crippen molar-refractivity contribution in [2.24, 2.45) is 23.2 Å². The molecule has 4 saturated carbocycles. The lowest BCUT2D eigenvalue weighted by atomic mass is 9.49. The Labute approximate surface area is 209 Å². The molecule has 35 heavy (non-hydrogen) atoms. The lowest BCUT2D eigenvalue weighted by molar-refractivity contribution is -0.138. The number of aromatic nitrogens is 2. The third kappa shape index (κ3) is 4.33. The number of benzene rings is 1. The van der Waals surface area contributed by atoms with Gasteiger partial charge in [0.1, 0.15) is 17.3 Å². The van der Waals surface area contributed by atoms with Crippen molar-refractivity contribution in [3.05, 3.63) is 70.6 Å². The summed E-state index contributed by atoms with van der Waals surface area (Å²) < 4.78 is 1.72. The first-order valence-corrected chi connectivity index (χ1v) is 13.0. The predicted octanol–water partition coefficient (Wildman–Crippen LogP) is 5.34. The van der Waals surface area contributed by atoms with E-state index in [0.29, 0.717) is 22.1 Å². The van der Waals surface area contributed by atoms with Crippen molar-refractivity contribution in [1.29, 1.82) is 0 Å². The molecule has 4 bridgehead atoms. The largest absolute Gasteiger partial charge is 0.481 e. The number of carboxylic acids is 1. The van der Waals surface area contributed by atoms with E-state index in [1.165, 1.54) is 38.5 Å². The van der Waals surface area contributed by atoms with Crippen LogP contribution in [0.3, 0.4) is 0 Å². The first kappa shape index (κ1) is 22.6. The summed E-state index contributed by atoms with van der Waals surface area (Å²) in [6.07, 6.45) is 9.82. The number of hydrogen-bond donors (Lipinski definition) is 2. The second kappa shape index (κ2) is 8.66. The van der Waals surface area contributed by atoms with E-state index >= 15 is 0 Å². The highest BCUT2D eigenvalue weighted by molar-refractivity contribution is 6.30. The zero-order valence-corrected chi connectivity index (χ0v) is 20.4. The van der Waals surface area contributed by atoms with Crippen molar-refractivity contribution in [3.8, 4) is 0 Å². The molecule has 3 aromatic rings. The van der Waals surface area contributed by atoms with E-state index in [2.05, 4.69) is 10.3 Å². The molecule has 0 spiro atoms. The summed E-state index contributed by atoms with van der Waals surface area (Å²) >= 11 is 6.09. The van der Waals surface area contributed by atoms with Gasteiger partial charge >= 0.3 is 5.97 Å². The second-order valence-corrected chi connectivity index (χ2v) is 11.6. The van der Waals surface area contributed by atoms with E-state index in [9.17, 15) is 14.7 Å². The van der Waals surface area contributed by atoms with E-state index in [0.717, 1.165) is 29.9 Å². The van der Waals surface area contributed by atoms with Crippen LogP contribution in [0.15, 0.2) is 48.7 Å². The van der Waals surface area contributed by atoms with Gasteiger partial charge in [0.2, 0.25) is 0 Å². The number of pyridine rings is 1. The molecule has 2 heterocycles. The number of fused-ring (bicyclic) bond motifs is 1. The molecule has 1 unspecified atom stereocenters. The summed E-state index contributed by atoms with van der Waals surface area (Å²) in [5.74, 6) is 0.593. The van der Waals surface area contributed by atoms with Crippen LogP contribution in [-0.4, -0.2) is 32.9 Å². The zero-order valence-electron chi connectivity index (χ0n) is 19.6. The normalized spacial score (nSPS) is 27.7. The van der Waals surface area contributed by atoms with Gasteiger partial charge in [0, 0.05) is 17.8 Å². The topological polar surface area (TPSA) is 83.7 Å². The first-order chi connectivity index (χ1) is 16.9. The number of rotatable bonds is 7. The quantitative estimate of drug-likeness (QED) is 0.467. The first-order valence-electron chi connectivity index (χ1n) is 12.6. The Kier molecular flexibility index (Phi) is 5.59. The number of nitrogens with zero attached hydrogens (tertiary/aromatic N) is 2. The molecule has 2 N–H and O–H groups in total. The molecule has 1 aromatic carbocycles. The minimum atomic E-state index is -0.957. The molecule has 7 rings (SSSR count). The molecule has 4 aliphatic carbocycles. The van der Waals surface area contributed by atoms with Gasteiger partial charge in [0.25, 0.3) is 5.91 Å². The number of imidazole rings is 1. The maximum Gasteiger partial charge on any atom is 0.312 e. The Bertz CT molecular complexity index is 1260. The van der Waals surface area contributed by atoms with Gasteiger partial charge in [-0.3, -0.25) is 14.0 Å². The van der Waals surface area contributed by atoms with Crippen LogP contribution < -0.4 is 5.32 Å². The minimum Gasteiger partial charge on any atom is -0.481 e. The van der Waals surface area contributed by atoms with Gasteiger partial charge in [0.15, 0.2) is 0 Å². The van der Waals surface area contributed by atoms with Crippen LogP contribution in [0.1, 0.15) is 66.2 Å². The van der Waals surface area contributed by atoms with Gasteiger partial charge < -0.3 is 10.4 Å². The summed E-state index contributed by atoms with van der Waals surface area (Å²) in [5, 5.41) is 13.7. The van der Waals surface area contributed by atoms with Gasteiger partial charge in [-0.05, 0) is 97.9 Å². The number of carboxylic acid groups (broad SMARTS) is 1. The predicted molar refractivity (Wildman–Crippen MR) is 134 cm³/mol. The highest BCUT2D eigenvalue weighted by Crippen LogP contribution is 2.59. The van der Waals surface area contributed by atoms with Crippen LogP contribution in [0.4, 0.5) is 0 Å². The summed E-state index contributed by atoms with van der Waals surface area (Å²) in [4.78, 5) is 30.0. The molecule has 0 radical (unpaired) electrons. The van der Waals surface area contributed by atoms with E-state index in [-0.39, 0.29) is 17.7 Å². The number of aliphatic carboxylic acids is 1. The number of halogens is 1. The van der Waals surface area contributed by atoms with Crippen LogP contribution in [0.25, 0.3) is 5.65 Å². The standard InChI is InChI=1S/C28H30ClN3O3/c29-21-4-1-3-17(10-21)11-22(27(34)35)23-15-32-24(5-2-6-25(32)31-23)26(33)30-16-28-12-18-7-19(13-28)9-20(8-18)14-28/h1-6,10,15,18-20,22H,7-9,11-14,16H2,(H,30,33)(H,34,35). The molecule has 0 aliphatic heterocycles. The zero-order chi connectivity index (χ0) is 24.2. The summed E-state index contributed by atoms with van der Waals surface area (Å²) in [7, 11) is 0. The Morgan fingerprint density at radius 1 is 1.09 bits per heavy atom.